The van der Waals surface area contributed by atoms with E-state index in [2.05, 4.69) is 10.2 Å². The standard InChI is InChI=1S/C47H53BF8N6O5/c1-4-58(21-7-5-6-20-57-43(63)19-17-36-15-16-37-27-40-31(2)25-32(3)61(40)48(55,56)62(36)37)23-24-59(44(64)28-42-39-9-8-22-60(39)45(65)67-42)29-33-10-12-34(13-11-33)38-18-14-35(47(52,53)54)26-41(38)66-30-46(49,50)51/h10-16,18,25-28,39H,4-9,17,19-24,29-30H2,1-3H3,(H,57,63)/b42-28+/t39-/m0/s1. The predicted molar refractivity (Wildman–Crippen MR) is 236 cm³/mol. The van der Waals surface area contributed by atoms with Gasteiger partial charge in [-0.05, 0) is 93.2 Å². The van der Waals surface area contributed by atoms with Crippen molar-refractivity contribution in [3.8, 4) is 16.9 Å². The van der Waals surface area contributed by atoms with E-state index in [-0.39, 0.29) is 49.2 Å². The van der Waals surface area contributed by atoms with Crippen LogP contribution < -0.4 is 10.1 Å². The van der Waals surface area contributed by atoms with Gasteiger partial charge < -0.3 is 42.2 Å². The number of allylic oxidation sites excluding steroid dienone is 2. The zero-order chi connectivity index (χ0) is 48.3. The lowest BCUT2D eigenvalue weighted by atomic mass is 9.90. The molecule has 1 atom stereocenters. The zero-order valence-corrected chi connectivity index (χ0v) is 37.5. The third kappa shape index (κ3) is 11.4. The molecule has 4 aliphatic heterocycles. The smallest absolute Gasteiger partial charge is 0.483 e. The van der Waals surface area contributed by atoms with Gasteiger partial charge >= 0.3 is 25.4 Å². The lowest BCUT2D eigenvalue weighted by molar-refractivity contribution is -0.362. The van der Waals surface area contributed by atoms with Crippen LogP contribution in [-0.2, 0) is 27.0 Å². The first-order chi connectivity index (χ1) is 31.7. The molecule has 3 amide bonds. The summed E-state index contributed by atoms with van der Waals surface area (Å²) in [6, 6.07) is 10.1. The Hall–Kier alpha value is -5.92. The van der Waals surface area contributed by atoms with Crippen molar-refractivity contribution in [1.82, 2.24) is 24.5 Å². The number of halogens is 8. The average molecular weight is 945 g/mol. The Morgan fingerprint density at radius 2 is 1.75 bits per heavy atom. The van der Waals surface area contributed by atoms with E-state index in [1.807, 2.05) is 13.8 Å². The third-order valence-corrected chi connectivity index (χ3v) is 12.6. The molecule has 0 spiro atoms. The lowest BCUT2D eigenvalue weighted by Crippen LogP contribution is -2.50. The summed E-state index contributed by atoms with van der Waals surface area (Å²) in [4.78, 5) is 44.4. The van der Waals surface area contributed by atoms with E-state index < -0.39 is 49.2 Å². The van der Waals surface area contributed by atoms with Crippen molar-refractivity contribution in [2.24, 2.45) is 0 Å². The minimum absolute atomic E-state index is 0.0219. The Morgan fingerprint density at radius 1 is 0.985 bits per heavy atom. The van der Waals surface area contributed by atoms with E-state index in [4.69, 9.17) is 9.47 Å². The SMILES string of the molecule is CCN(CCCCCNC(=O)CCC1=[N+]2C(=Cc3c(C)cc(C)n3[B-]2(F)F)C=C1)CCN(Cc1ccc(-c2ccc(C(F)(F)F)cc2OCC(F)(F)F)cc1)C(=O)/C=C1/OC(=O)N2CCC[C@@H]12. The number of amides is 3. The highest BCUT2D eigenvalue weighted by Crippen LogP contribution is 2.39. The van der Waals surface area contributed by atoms with Crippen molar-refractivity contribution < 1.29 is 63.3 Å². The normalized spacial score (nSPS) is 18.1. The number of alkyl halides is 6. The number of fused-ring (bicyclic) bond motifs is 3. The molecular formula is C47H53BF8N6O5. The molecule has 0 bridgehead atoms. The number of cyclic esters (lactones) is 1. The van der Waals surface area contributed by atoms with Crippen LogP contribution in [0.15, 0.2) is 78.2 Å². The Labute approximate surface area is 383 Å². The number of ether oxygens (including phenoxy) is 2. The van der Waals surface area contributed by atoms with Crippen molar-refractivity contribution in [2.45, 2.75) is 90.7 Å². The van der Waals surface area contributed by atoms with Crippen molar-refractivity contribution >= 4 is 36.7 Å². The summed E-state index contributed by atoms with van der Waals surface area (Å²) in [6.07, 6.45) is 0.234. The average Bonchev–Trinajstić information content (AvgIpc) is 4.06. The van der Waals surface area contributed by atoms with Crippen LogP contribution in [0.1, 0.15) is 79.9 Å². The molecule has 2 saturated heterocycles. The molecule has 1 N–H and O–H groups in total. The molecule has 11 nitrogen and oxygen atoms in total. The van der Waals surface area contributed by atoms with Crippen LogP contribution in [0, 0.1) is 13.8 Å². The summed E-state index contributed by atoms with van der Waals surface area (Å²) in [5, 5.41) is 2.90. The molecule has 67 heavy (non-hydrogen) atoms. The fraction of sp³-hybridized carbons (Fsp3) is 0.447. The molecule has 7 rings (SSSR count). The number of nitrogens with zero attached hydrogens (tertiary/aromatic N) is 5. The summed E-state index contributed by atoms with van der Waals surface area (Å²) < 4.78 is 123. The highest BCUT2D eigenvalue weighted by molar-refractivity contribution is 6.58. The van der Waals surface area contributed by atoms with E-state index >= 15 is 8.63 Å². The van der Waals surface area contributed by atoms with E-state index in [9.17, 15) is 40.7 Å². The van der Waals surface area contributed by atoms with Crippen LogP contribution in [0.2, 0.25) is 0 Å². The van der Waals surface area contributed by atoms with E-state index in [1.54, 1.807) is 53.2 Å². The number of hydrogen-bond donors (Lipinski definition) is 1. The van der Waals surface area contributed by atoms with Crippen molar-refractivity contribution in [3.63, 3.8) is 0 Å². The van der Waals surface area contributed by atoms with Crippen LogP contribution in [0.25, 0.3) is 17.2 Å². The molecule has 20 heteroatoms. The van der Waals surface area contributed by atoms with Crippen molar-refractivity contribution in [3.05, 3.63) is 106 Å². The minimum Gasteiger partial charge on any atom is -0.483 e. The van der Waals surface area contributed by atoms with Gasteiger partial charge in [-0.3, -0.25) is 14.5 Å². The number of likely N-dealkylation sites (N-methyl/N-ethyl adjacent to an activating group) is 1. The van der Waals surface area contributed by atoms with Crippen molar-refractivity contribution in [2.75, 3.05) is 45.9 Å². The fourth-order valence-electron chi connectivity index (χ4n) is 9.12. The Morgan fingerprint density at radius 3 is 2.46 bits per heavy atom. The van der Waals surface area contributed by atoms with Gasteiger partial charge in [-0.25, -0.2) is 4.79 Å². The summed E-state index contributed by atoms with van der Waals surface area (Å²) in [5.41, 5.74) is 2.35. The molecule has 3 aromatic rings. The number of aryl methyl sites for hydroxylation is 2. The van der Waals surface area contributed by atoms with Gasteiger partial charge in [-0.15, -0.1) is 0 Å². The zero-order valence-electron chi connectivity index (χ0n) is 37.5. The number of benzene rings is 2. The van der Waals surface area contributed by atoms with Gasteiger partial charge in [0.1, 0.15) is 17.2 Å². The van der Waals surface area contributed by atoms with E-state index in [0.29, 0.717) is 85.6 Å². The number of carbonyl (C=O) groups excluding carboxylic acids is 3. The van der Waals surface area contributed by atoms with E-state index in [1.165, 1.54) is 18.2 Å². The Kier molecular flexibility index (Phi) is 14.7. The van der Waals surface area contributed by atoms with Crippen LogP contribution in [0.4, 0.5) is 39.8 Å². The molecule has 5 heterocycles. The second kappa shape index (κ2) is 20.1. The van der Waals surface area contributed by atoms with Crippen molar-refractivity contribution in [1.29, 1.82) is 0 Å². The first-order valence-electron chi connectivity index (χ1n) is 22.5. The van der Waals surface area contributed by atoms with E-state index in [0.717, 1.165) is 45.9 Å². The molecule has 0 aliphatic carbocycles. The predicted octanol–water partition coefficient (Wildman–Crippen LogP) is 9.25. The molecule has 2 fully saturated rings. The molecular weight excluding hydrogens is 891 g/mol. The van der Waals surface area contributed by atoms with Gasteiger partial charge in [0.25, 0.3) is 0 Å². The largest absolute Gasteiger partial charge is 0.737 e. The van der Waals surface area contributed by atoms with Crippen LogP contribution in [-0.4, -0.2) is 112 Å². The number of aromatic nitrogens is 1. The maximum absolute atomic E-state index is 15.7. The number of hydrogen-bond acceptors (Lipinski definition) is 6. The first kappa shape index (κ1) is 49.0. The monoisotopic (exact) mass is 944 g/mol. The van der Waals surface area contributed by atoms with Crippen LogP contribution in [0.5, 0.6) is 5.75 Å². The number of rotatable bonds is 19. The molecule has 4 aliphatic rings. The number of unbranched alkanes of at least 4 members (excludes halogenated alkanes) is 2. The van der Waals surface area contributed by atoms with Gasteiger partial charge in [-0.2, -0.15) is 26.3 Å². The second-order valence-electron chi connectivity index (χ2n) is 17.3. The molecule has 2 aromatic carbocycles. The highest BCUT2D eigenvalue weighted by Gasteiger charge is 2.52. The number of nitrogens with one attached hydrogen (secondary N) is 1. The minimum atomic E-state index is -4.81. The molecule has 360 valence electrons. The van der Waals surface area contributed by atoms with Crippen LogP contribution >= 0.6 is 0 Å². The summed E-state index contributed by atoms with van der Waals surface area (Å²) >= 11 is 0. The van der Waals surface area contributed by atoms with Crippen LogP contribution in [0.3, 0.4) is 0 Å². The maximum Gasteiger partial charge on any atom is 0.737 e. The Bertz CT molecular complexity index is 2480. The van der Waals surface area contributed by atoms with Gasteiger partial charge in [0.2, 0.25) is 11.8 Å². The highest BCUT2D eigenvalue weighted by atomic mass is 19.4. The third-order valence-electron chi connectivity index (χ3n) is 12.6. The van der Waals surface area contributed by atoms with Gasteiger partial charge in [0.05, 0.1) is 11.6 Å². The summed E-state index contributed by atoms with van der Waals surface area (Å²) in [7, 11) is 0. The maximum atomic E-state index is 15.7. The summed E-state index contributed by atoms with van der Waals surface area (Å²) in [6.45, 7) is 2.73. The van der Waals surface area contributed by atoms with Gasteiger partial charge in [0.15, 0.2) is 12.3 Å². The first-order valence-corrected chi connectivity index (χ1v) is 22.5. The fourth-order valence-corrected chi connectivity index (χ4v) is 9.12. The number of carbonyl (C=O) groups is 3. The second-order valence-corrected chi connectivity index (χ2v) is 17.3. The summed E-state index contributed by atoms with van der Waals surface area (Å²) in [5.74, 6) is -0.939. The molecule has 0 unspecified atom stereocenters. The molecule has 0 radical (unpaired) electrons. The molecule has 1 aromatic heterocycles. The quantitative estimate of drug-likeness (QED) is 0.0557. The lowest BCUT2D eigenvalue weighted by Gasteiger charge is -2.30. The van der Waals surface area contributed by atoms with Gasteiger partial charge in [-0.1, -0.05) is 43.7 Å². The van der Waals surface area contributed by atoms with Gasteiger partial charge in [0, 0.05) is 81.1 Å². The topological polar surface area (TPSA) is 99.4 Å². The Balaban J connectivity index is 0.926. The molecule has 0 saturated carbocycles.